The van der Waals surface area contributed by atoms with Crippen molar-refractivity contribution in [2.45, 2.75) is 31.7 Å². The molecule has 0 aromatic carbocycles. The second-order valence-electron chi connectivity index (χ2n) is 4.89. The van der Waals surface area contributed by atoms with E-state index in [-0.39, 0.29) is 42.3 Å². The summed E-state index contributed by atoms with van der Waals surface area (Å²) in [6.07, 6.45) is 6.67. The van der Waals surface area contributed by atoms with E-state index < -0.39 is 5.82 Å². The molecule has 2 unspecified atom stereocenters. The van der Waals surface area contributed by atoms with Gasteiger partial charge < -0.3 is 11.1 Å². The summed E-state index contributed by atoms with van der Waals surface area (Å²) < 4.78 is 12.9. The predicted molar refractivity (Wildman–Crippen MR) is 81.0 cm³/mol. The highest BCUT2D eigenvalue weighted by atomic mass is 35.5. The van der Waals surface area contributed by atoms with E-state index in [0.717, 1.165) is 31.9 Å². The molecule has 0 radical (unpaired) electrons. The van der Waals surface area contributed by atoms with Crippen molar-refractivity contribution in [3.05, 3.63) is 29.8 Å². The molecule has 1 fully saturated rings. The second-order valence-corrected chi connectivity index (χ2v) is 4.89. The van der Waals surface area contributed by atoms with Crippen LogP contribution < -0.4 is 11.1 Å². The van der Waals surface area contributed by atoms with Crippen molar-refractivity contribution in [2.24, 2.45) is 11.7 Å². The summed E-state index contributed by atoms with van der Waals surface area (Å²) in [5, 5.41) is 2.82. The van der Waals surface area contributed by atoms with Gasteiger partial charge >= 0.3 is 0 Å². The smallest absolute Gasteiger partial charge is 0.252 e. The van der Waals surface area contributed by atoms with Gasteiger partial charge in [0.1, 0.15) is 5.82 Å². The highest BCUT2D eigenvalue weighted by molar-refractivity contribution is 5.93. The molecule has 1 saturated carbocycles. The third kappa shape index (κ3) is 5.61. The summed E-state index contributed by atoms with van der Waals surface area (Å²) in [5.41, 5.74) is 6.15. The van der Waals surface area contributed by atoms with Crippen LogP contribution in [0.3, 0.4) is 0 Å². The van der Waals surface area contributed by atoms with Gasteiger partial charge in [-0.25, -0.2) is 4.39 Å². The molecule has 1 aliphatic rings. The quantitative estimate of drug-likeness (QED) is 0.896. The summed E-state index contributed by atoms with van der Waals surface area (Å²) in [5.74, 6) is -0.345. The molecule has 3 N–H and O–H groups in total. The SMILES string of the molecule is Cl.Cl.NC1CCCC(CNC(=O)c2cncc(F)c2)C1. The molecule has 7 heteroatoms. The molecule has 114 valence electrons. The van der Waals surface area contributed by atoms with E-state index in [2.05, 4.69) is 10.3 Å². The van der Waals surface area contributed by atoms with Gasteiger partial charge in [-0.05, 0) is 31.2 Å². The van der Waals surface area contributed by atoms with E-state index in [9.17, 15) is 9.18 Å². The highest BCUT2D eigenvalue weighted by Gasteiger charge is 2.19. The van der Waals surface area contributed by atoms with Crippen LogP contribution in [0.1, 0.15) is 36.0 Å². The van der Waals surface area contributed by atoms with Crippen molar-refractivity contribution in [1.29, 1.82) is 0 Å². The lowest BCUT2D eigenvalue weighted by Crippen LogP contribution is -2.35. The monoisotopic (exact) mass is 323 g/mol. The molecular weight excluding hydrogens is 304 g/mol. The lowest BCUT2D eigenvalue weighted by atomic mass is 9.86. The molecule has 0 saturated heterocycles. The Morgan fingerprint density at radius 2 is 2.15 bits per heavy atom. The van der Waals surface area contributed by atoms with Gasteiger partial charge in [0.25, 0.3) is 5.91 Å². The molecule has 0 aliphatic heterocycles. The van der Waals surface area contributed by atoms with E-state index in [1.807, 2.05) is 0 Å². The molecule has 1 aromatic rings. The van der Waals surface area contributed by atoms with Crippen molar-refractivity contribution < 1.29 is 9.18 Å². The average Bonchev–Trinajstić information content (AvgIpc) is 2.36. The first-order chi connectivity index (χ1) is 8.65. The minimum atomic E-state index is -0.498. The third-order valence-electron chi connectivity index (χ3n) is 3.34. The number of carbonyl (C=O) groups excluding carboxylic acids is 1. The number of nitrogens with two attached hydrogens (primary N) is 1. The first kappa shape index (κ1) is 19.1. The Kier molecular flexibility index (Phi) is 8.69. The van der Waals surface area contributed by atoms with Gasteiger partial charge in [0, 0.05) is 18.8 Å². The summed E-state index contributed by atoms with van der Waals surface area (Å²) in [7, 11) is 0. The normalized spacial score (nSPS) is 21.3. The lowest BCUT2D eigenvalue weighted by molar-refractivity contribution is 0.0941. The van der Waals surface area contributed by atoms with E-state index in [1.54, 1.807) is 0 Å². The van der Waals surface area contributed by atoms with Crippen molar-refractivity contribution in [2.75, 3.05) is 6.54 Å². The van der Waals surface area contributed by atoms with Crippen molar-refractivity contribution in [3.63, 3.8) is 0 Å². The van der Waals surface area contributed by atoms with Gasteiger partial charge in [0.15, 0.2) is 0 Å². The fourth-order valence-corrected chi connectivity index (χ4v) is 2.39. The number of amides is 1. The molecule has 2 atom stereocenters. The zero-order valence-corrected chi connectivity index (χ0v) is 12.7. The largest absolute Gasteiger partial charge is 0.352 e. The van der Waals surface area contributed by atoms with Crippen LogP contribution in [0.15, 0.2) is 18.5 Å². The molecule has 0 spiro atoms. The Labute approximate surface area is 130 Å². The topological polar surface area (TPSA) is 68.0 Å². The number of pyridine rings is 1. The number of hydrogen-bond acceptors (Lipinski definition) is 3. The van der Waals surface area contributed by atoms with Gasteiger partial charge in [-0.2, -0.15) is 0 Å². The number of carbonyl (C=O) groups is 1. The van der Waals surface area contributed by atoms with E-state index in [4.69, 9.17) is 5.73 Å². The van der Waals surface area contributed by atoms with Crippen LogP contribution in [0.4, 0.5) is 4.39 Å². The molecule has 1 aliphatic carbocycles. The van der Waals surface area contributed by atoms with Crippen LogP contribution in [0.5, 0.6) is 0 Å². The Morgan fingerprint density at radius 1 is 1.40 bits per heavy atom. The zero-order valence-electron chi connectivity index (χ0n) is 11.0. The predicted octanol–water partition coefficient (Wildman–Crippen LogP) is 2.31. The molecule has 1 amide bonds. The maximum Gasteiger partial charge on any atom is 0.252 e. The molecule has 1 aromatic heterocycles. The Morgan fingerprint density at radius 3 is 2.80 bits per heavy atom. The number of nitrogens with one attached hydrogen (secondary N) is 1. The molecule has 4 nitrogen and oxygen atoms in total. The number of rotatable bonds is 3. The number of aromatic nitrogens is 1. The van der Waals surface area contributed by atoms with Gasteiger partial charge in [0.05, 0.1) is 11.8 Å². The van der Waals surface area contributed by atoms with Crippen LogP contribution in [-0.4, -0.2) is 23.5 Å². The summed E-state index contributed by atoms with van der Waals surface area (Å²) in [6, 6.07) is 1.44. The summed E-state index contributed by atoms with van der Waals surface area (Å²) >= 11 is 0. The van der Waals surface area contributed by atoms with Gasteiger partial charge in [-0.1, -0.05) is 6.42 Å². The highest BCUT2D eigenvalue weighted by Crippen LogP contribution is 2.22. The van der Waals surface area contributed by atoms with Crippen molar-refractivity contribution in [1.82, 2.24) is 10.3 Å². The van der Waals surface area contributed by atoms with Crippen LogP contribution in [0.25, 0.3) is 0 Å². The number of halogens is 3. The lowest BCUT2D eigenvalue weighted by Gasteiger charge is -2.26. The average molecular weight is 324 g/mol. The van der Waals surface area contributed by atoms with Crippen molar-refractivity contribution in [3.8, 4) is 0 Å². The molecule has 0 bridgehead atoms. The van der Waals surface area contributed by atoms with E-state index in [0.29, 0.717) is 12.5 Å². The first-order valence-corrected chi connectivity index (χ1v) is 6.29. The minimum absolute atomic E-state index is 0. The van der Waals surface area contributed by atoms with Gasteiger partial charge in [-0.3, -0.25) is 9.78 Å². The minimum Gasteiger partial charge on any atom is -0.352 e. The summed E-state index contributed by atoms with van der Waals surface area (Å²) in [4.78, 5) is 15.4. The maximum atomic E-state index is 12.9. The first-order valence-electron chi connectivity index (χ1n) is 6.29. The molecule has 2 rings (SSSR count). The van der Waals surface area contributed by atoms with Crippen LogP contribution in [0.2, 0.25) is 0 Å². The van der Waals surface area contributed by atoms with E-state index >= 15 is 0 Å². The Bertz CT molecular complexity index is 434. The van der Waals surface area contributed by atoms with E-state index in [1.165, 1.54) is 12.3 Å². The number of nitrogens with zero attached hydrogens (tertiary/aromatic N) is 1. The fourth-order valence-electron chi connectivity index (χ4n) is 2.39. The fraction of sp³-hybridized carbons (Fsp3) is 0.538. The Hall–Kier alpha value is -0.910. The van der Waals surface area contributed by atoms with Crippen LogP contribution in [0, 0.1) is 11.7 Å². The van der Waals surface area contributed by atoms with Crippen LogP contribution >= 0.6 is 24.8 Å². The maximum absolute atomic E-state index is 12.9. The standard InChI is InChI=1S/C13H18FN3O.2ClH/c14-11-5-10(7-16-8-11)13(18)17-6-9-2-1-3-12(15)4-9;;/h5,7-9,12H,1-4,6,15H2,(H,17,18);2*1H. The second kappa shape index (κ2) is 9.10. The van der Waals surface area contributed by atoms with Gasteiger partial charge in [0.2, 0.25) is 0 Å². The molecule has 1 heterocycles. The number of hydrogen-bond donors (Lipinski definition) is 2. The zero-order chi connectivity index (χ0) is 13.0. The van der Waals surface area contributed by atoms with Crippen LogP contribution in [-0.2, 0) is 0 Å². The van der Waals surface area contributed by atoms with Crippen molar-refractivity contribution >= 4 is 30.7 Å². The summed E-state index contributed by atoms with van der Waals surface area (Å²) in [6.45, 7) is 0.600. The molecule has 20 heavy (non-hydrogen) atoms. The van der Waals surface area contributed by atoms with Gasteiger partial charge in [-0.15, -0.1) is 24.8 Å². The Balaban J connectivity index is 0.00000180. The molecular formula is C13H20Cl2FN3O. The third-order valence-corrected chi connectivity index (χ3v) is 3.34.